The molecule has 0 atom stereocenters. The highest BCUT2D eigenvalue weighted by molar-refractivity contribution is 7.91. The molecule has 0 saturated heterocycles. The van der Waals surface area contributed by atoms with Crippen molar-refractivity contribution in [1.29, 1.82) is 0 Å². The van der Waals surface area contributed by atoms with Crippen LogP contribution in [0.4, 0.5) is 0 Å². The van der Waals surface area contributed by atoms with Gasteiger partial charge in [0.15, 0.2) is 0 Å². The maximum absolute atomic E-state index is 13.6. The average molecular weight is 494 g/mol. The van der Waals surface area contributed by atoms with E-state index in [1.807, 2.05) is 38.1 Å². The molecule has 0 amide bonds. The molecular weight excluding hydrogens is 466 g/mol. The molecule has 0 unspecified atom stereocenters. The largest absolute Gasteiger partial charge is 0.497 e. The summed E-state index contributed by atoms with van der Waals surface area (Å²) in [5.41, 5.74) is 0.928. The Labute approximate surface area is 204 Å². The second-order valence-electron chi connectivity index (χ2n) is 7.82. The van der Waals surface area contributed by atoms with Gasteiger partial charge in [-0.25, -0.2) is 8.42 Å². The van der Waals surface area contributed by atoms with Crippen molar-refractivity contribution in [2.24, 2.45) is 0 Å². The predicted octanol–water partition coefficient (Wildman–Crippen LogP) is 4.69. The number of methoxy groups -OCH3 is 1. The number of benzene rings is 3. The van der Waals surface area contributed by atoms with Gasteiger partial charge < -0.3 is 18.8 Å². The predicted molar refractivity (Wildman–Crippen MR) is 135 cm³/mol. The van der Waals surface area contributed by atoms with Crippen LogP contribution in [0.5, 0.6) is 17.2 Å². The Bertz CT molecular complexity index is 1510. The SMILES string of the molecule is CCOc1ccc(S(=O)(=O)c2cn(Cc3cccc(OC)c3)c3ccc(OCC)cc3c2=O)cc1. The fourth-order valence-corrected chi connectivity index (χ4v) is 5.27. The van der Waals surface area contributed by atoms with E-state index in [0.29, 0.717) is 42.5 Å². The molecule has 4 aromatic rings. The van der Waals surface area contributed by atoms with Crippen molar-refractivity contribution in [3.05, 3.63) is 88.7 Å². The molecule has 0 aliphatic rings. The van der Waals surface area contributed by atoms with Gasteiger partial charge in [-0.3, -0.25) is 4.79 Å². The summed E-state index contributed by atoms with van der Waals surface area (Å²) in [6.45, 7) is 4.93. The topological polar surface area (TPSA) is 83.8 Å². The van der Waals surface area contributed by atoms with Crippen LogP contribution in [0, 0.1) is 0 Å². The second-order valence-corrected chi connectivity index (χ2v) is 9.74. The summed E-state index contributed by atoms with van der Waals surface area (Å²) in [4.78, 5) is 13.2. The Balaban J connectivity index is 1.90. The van der Waals surface area contributed by atoms with Crippen LogP contribution in [0.2, 0.25) is 0 Å². The first-order chi connectivity index (χ1) is 16.9. The molecule has 182 valence electrons. The van der Waals surface area contributed by atoms with Crippen molar-refractivity contribution in [1.82, 2.24) is 4.57 Å². The first kappa shape index (κ1) is 24.3. The normalized spacial score (nSPS) is 11.4. The number of hydrogen-bond acceptors (Lipinski definition) is 6. The highest BCUT2D eigenvalue weighted by atomic mass is 32.2. The Kier molecular flexibility index (Phi) is 7.12. The third-order valence-corrected chi connectivity index (χ3v) is 7.31. The maximum Gasteiger partial charge on any atom is 0.211 e. The molecule has 0 aliphatic carbocycles. The number of sulfone groups is 1. The molecule has 1 aromatic heterocycles. The molecular formula is C27H27NO6S. The van der Waals surface area contributed by atoms with Gasteiger partial charge in [-0.05, 0) is 74.0 Å². The van der Waals surface area contributed by atoms with Crippen molar-refractivity contribution in [2.45, 2.75) is 30.2 Å². The zero-order chi connectivity index (χ0) is 25.0. The van der Waals surface area contributed by atoms with Crippen LogP contribution < -0.4 is 19.6 Å². The van der Waals surface area contributed by atoms with Gasteiger partial charge in [-0.1, -0.05) is 12.1 Å². The Morgan fingerprint density at radius 1 is 0.829 bits per heavy atom. The Morgan fingerprint density at radius 2 is 1.51 bits per heavy atom. The number of pyridine rings is 1. The molecule has 0 bridgehead atoms. The van der Waals surface area contributed by atoms with Crippen LogP contribution in [0.25, 0.3) is 10.9 Å². The molecule has 3 aromatic carbocycles. The standard InChI is InChI=1S/C27H27NO6S/c1-4-33-20-9-12-23(13-10-20)35(30,31)26-18-28(17-19-7-6-8-21(15-19)32-3)25-14-11-22(34-5-2)16-24(25)27(26)29/h6-16,18H,4-5,17H2,1-3H3. The number of ether oxygens (including phenoxy) is 3. The molecule has 1 heterocycles. The van der Waals surface area contributed by atoms with E-state index in [-0.39, 0.29) is 15.2 Å². The van der Waals surface area contributed by atoms with Crippen LogP contribution in [-0.2, 0) is 16.4 Å². The quantitative estimate of drug-likeness (QED) is 0.336. The minimum atomic E-state index is -4.10. The van der Waals surface area contributed by atoms with Crippen LogP contribution >= 0.6 is 0 Å². The lowest BCUT2D eigenvalue weighted by Crippen LogP contribution is -2.20. The average Bonchev–Trinajstić information content (AvgIpc) is 2.86. The summed E-state index contributed by atoms with van der Waals surface area (Å²) >= 11 is 0. The zero-order valence-corrected chi connectivity index (χ0v) is 20.7. The molecule has 0 N–H and O–H groups in total. The smallest absolute Gasteiger partial charge is 0.211 e. The first-order valence-corrected chi connectivity index (χ1v) is 12.8. The van der Waals surface area contributed by atoms with Crippen molar-refractivity contribution in [2.75, 3.05) is 20.3 Å². The van der Waals surface area contributed by atoms with Crippen molar-refractivity contribution in [3.63, 3.8) is 0 Å². The molecule has 0 radical (unpaired) electrons. The first-order valence-electron chi connectivity index (χ1n) is 11.3. The van der Waals surface area contributed by atoms with Crippen LogP contribution in [0.3, 0.4) is 0 Å². The van der Waals surface area contributed by atoms with Gasteiger partial charge in [0.25, 0.3) is 0 Å². The van der Waals surface area contributed by atoms with E-state index in [1.54, 1.807) is 42.0 Å². The number of fused-ring (bicyclic) bond motifs is 1. The molecule has 35 heavy (non-hydrogen) atoms. The number of nitrogens with zero attached hydrogens (tertiary/aromatic N) is 1. The molecule has 0 fully saturated rings. The third-order valence-electron chi connectivity index (χ3n) is 5.55. The van der Waals surface area contributed by atoms with Crippen LogP contribution in [-0.4, -0.2) is 33.3 Å². The van der Waals surface area contributed by atoms with Gasteiger partial charge >= 0.3 is 0 Å². The molecule has 0 spiro atoms. The highest BCUT2D eigenvalue weighted by Gasteiger charge is 2.24. The van der Waals surface area contributed by atoms with Gasteiger partial charge in [0.05, 0.1) is 36.1 Å². The number of hydrogen-bond donors (Lipinski definition) is 0. The van der Waals surface area contributed by atoms with Crippen molar-refractivity contribution in [3.8, 4) is 17.2 Å². The molecule has 7 nitrogen and oxygen atoms in total. The lowest BCUT2D eigenvalue weighted by Gasteiger charge is -2.16. The molecule has 0 aliphatic heterocycles. The maximum atomic E-state index is 13.6. The Morgan fingerprint density at radius 3 is 2.20 bits per heavy atom. The zero-order valence-electron chi connectivity index (χ0n) is 19.9. The van der Waals surface area contributed by atoms with Gasteiger partial charge in [0.1, 0.15) is 22.1 Å². The summed E-state index contributed by atoms with van der Waals surface area (Å²) in [5, 5.41) is 0.269. The van der Waals surface area contributed by atoms with Gasteiger partial charge in [0, 0.05) is 12.7 Å². The molecule has 0 saturated carbocycles. The fourth-order valence-electron chi connectivity index (χ4n) is 3.90. The van der Waals surface area contributed by atoms with E-state index in [9.17, 15) is 13.2 Å². The van der Waals surface area contributed by atoms with Crippen molar-refractivity contribution >= 4 is 20.7 Å². The van der Waals surface area contributed by atoms with E-state index < -0.39 is 15.3 Å². The van der Waals surface area contributed by atoms with E-state index in [2.05, 4.69) is 0 Å². The van der Waals surface area contributed by atoms with Crippen LogP contribution in [0.1, 0.15) is 19.4 Å². The highest BCUT2D eigenvalue weighted by Crippen LogP contribution is 2.26. The number of rotatable bonds is 9. The molecule has 8 heteroatoms. The van der Waals surface area contributed by atoms with Crippen LogP contribution in [0.15, 0.2) is 87.5 Å². The third kappa shape index (κ3) is 5.02. The van der Waals surface area contributed by atoms with Gasteiger partial charge in [-0.2, -0.15) is 0 Å². The van der Waals surface area contributed by atoms with E-state index >= 15 is 0 Å². The van der Waals surface area contributed by atoms with Gasteiger partial charge in [-0.15, -0.1) is 0 Å². The fraction of sp³-hybridized carbons (Fsp3) is 0.222. The summed E-state index contributed by atoms with van der Waals surface area (Å²) in [6, 6.07) is 18.7. The number of aromatic nitrogens is 1. The van der Waals surface area contributed by atoms with Crippen molar-refractivity contribution < 1.29 is 22.6 Å². The summed E-state index contributed by atoms with van der Waals surface area (Å²) in [7, 11) is -2.51. The molecule has 4 rings (SSSR count). The summed E-state index contributed by atoms with van der Waals surface area (Å²) in [5.74, 6) is 1.75. The van der Waals surface area contributed by atoms with E-state index in [1.165, 1.54) is 18.3 Å². The van der Waals surface area contributed by atoms with E-state index in [4.69, 9.17) is 14.2 Å². The summed E-state index contributed by atoms with van der Waals surface area (Å²) in [6.07, 6.45) is 1.41. The minimum absolute atomic E-state index is 0.0197. The Hall–Kier alpha value is -3.78. The second kappa shape index (κ2) is 10.2. The van der Waals surface area contributed by atoms with E-state index in [0.717, 1.165) is 5.56 Å². The minimum Gasteiger partial charge on any atom is -0.497 e. The summed E-state index contributed by atoms with van der Waals surface area (Å²) < 4.78 is 45.2. The van der Waals surface area contributed by atoms with Gasteiger partial charge in [0.2, 0.25) is 15.3 Å². The monoisotopic (exact) mass is 493 g/mol. The lowest BCUT2D eigenvalue weighted by atomic mass is 10.1. The lowest BCUT2D eigenvalue weighted by molar-refractivity contribution is 0.340.